The number of benzene rings is 2. The van der Waals surface area contributed by atoms with E-state index in [1.54, 1.807) is 0 Å². The van der Waals surface area contributed by atoms with Gasteiger partial charge in [-0.1, -0.05) is 42.8 Å². The van der Waals surface area contributed by atoms with Gasteiger partial charge in [0.05, 0.1) is 6.04 Å². The molecule has 0 spiro atoms. The van der Waals surface area contributed by atoms with Crippen molar-refractivity contribution in [2.45, 2.75) is 65.2 Å². The van der Waals surface area contributed by atoms with Crippen molar-refractivity contribution in [1.29, 1.82) is 0 Å². The predicted molar refractivity (Wildman–Crippen MR) is 107 cm³/mol. The first-order chi connectivity index (χ1) is 12.8. The highest BCUT2D eigenvalue weighted by molar-refractivity contribution is 5.81. The molecule has 2 atom stereocenters. The molecular formula is C23H29NO3. The Morgan fingerprint density at radius 3 is 2.70 bits per heavy atom. The smallest absolute Gasteiger partial charge is 0.261 e. The van der Waals surface area contributed by atoms with Gasteiger partial charge in [-0.05, 0) is 51.8 Å². The van der Waals surface area contributed by atoms with Gasteiger partial charge >= 0.3 is 0 Å². The van der Waals surface area contributed by atoms with Gasteiger partial charge in [0.25, 0.3) is 5.91 Å². The van der Waals surface area contributed by atoms with Crippen molar-refractivity contribution in [1.82, 2.24) is 5.32 Å². The summed E-state index contributed by atoms with van der Waals surface area (Å²) in [7, 11) is 0. The average Bonchev–Trinajstić information content (AvgIpc) is 2.61. The van der Waals surface area contributed by atoms with Gasteiger partial charge in [0.15, 0.2) is 6.10 Å². The molecule has 0 saturated carbocycles. The van der Waals surface area contributed by atoms with E-state index >= 15 is 0 Å². The Morgan fingerprint density at radius 2 is 2.00 bits per heavy atom. The largest absolute Gasteiger partial charge is 0.487 e. The maximum atomic E-state index is 13.0. The molecule has 1 aliphatic heterocycles. The minimum absolute atomic E-state index is 0.0871. The topological polar surface area (TPSA) is 47.6 Å². The van der Waals surface area contributed by atoms with E-state index in [1.807, 2.05) is 50.2 Å². The number of rotatable bonds is 5. The van der Waals surface area contributed by atoms with Crippen LogP contribution in [0, 0.1) is 13.8 Å². The second-order valence-electron chi connectivity index (χ2n) is 7.95. The van der Waals surface area contributed by atoms with Crippen LogP contribution in [0.15, 0.2) is 42.5 Å². The fraction of sp³-hybridized carbons (Fsp3) is 0.435. The Hall–Kier alpha value is -2.49. The summed E-state index contributed by atoms with van der Waals surface area (Å²) in [6.45, 7) is 10.1. The second-order valence-corrected chi connectivity index (χ2v) is 7.95. The quantitative estimate of drug-likeness (QED) is 0.819. The lowest BCUT2D eigenvalue weighted by Gasteiger charge is -2.38. The van der Waals surface area contributed by atoms with Crippen molar-refractivity contribution in [2.75, 3.05) is 0 Å². The third-order valence-corrected chi connectivity index (χ3v) is 4.97. The molecule has 0 unspecified atom stereocenters. The van der Waals surface area contributed by atoms with Crippen LogP contribution in [0.1, 0.15) is 56.3 Å². The summed E-state index contributed by atoms with van der Waals surface area (Å²) in [5.74, 6) is 1.51. The zero-order valence-electron chi connectivity index (χ0n) is 16.8. The highest BCUT2D eigenvalue weighted by Gasteiger charge is 2.35. The fourth-order valence-corrected chi connectivity index (χ4v) is 3.53. The van der Waals surface area contributed by atoms with E-state index in [0.29, 0.717) is 6.42 Å². The van der Waals surface area contributed by atoms with Crippen LogP contribution in [0.5, 0.6) is 11.5 Å². The van der Waals surface area contributed by atoms with Crippen molar-refractivity contribution in [3.63, 3.8) is 0 Å². The number of carbonyl (C=O) groups excluding carboxylic acids is 1. The normalized spacial score (nSPS) is 18.8. The number of nitrogens with one attached hydrogen (secondary N) is 1. The zero-order valence-corrected chi connectivity index (χ0v) is 16.8. The Morgan fingerprint density at radius 1 is 1.26 bits per heavy atom. The molecule has 2 aromatic rings. The van der Waals surface area contributed by atoms with Crippen molar-refractivity contribution < 1.29 is 14.3 Å². The Labute approximate surface area is 161 Å². The summed E-state index contributed by atoms with van der Waals surface area (Å²) in [5, 5.41) is 3.20. The molecule has 0 aromatic heterocycles. The summed E-state index contributed by atoms with van der Waals surface area (Å²) >= 11 is 0. The molecule has 0 saturated heterocycles. The molecule has 0 aliphatic carbocycles. The SMILES string of the molecule is CC[C@@H](Oc1ccccc1C)C(=O)N[C@H]1CC(C)(C)Oc2ccc(C)cc21. The molecule has 0 fully saturated rings. The number of fused-ring (bicyclic) bond motifs is 1. The van der Waals surface area contributed by atoms with Crippen LogP contribution >= 0.6 is 0 Å². The summed E-state index contributed by atoms with van der Waals surface area (Å²) < 4.78 is 12.1. The van der Waals surface area contributed by atoms with Gasteiger partial charge in [-0.2, -0.15) is 0 Å². The number of carbonyl (C=O) groups is 1. The average molecular weight is 367 g/mol. The number of amides is 1. The first-order valence-electron chi connectivity index (χ1n) is 9.61. The maximum Gasteiger partial charge on any atom is 0.261 e. The van der Waals surface area contributed by atoms with Crippen LogP contribution in [0.2, 0.25) is 0 Å². The molecule has 0 bridgehead atoms. The molecule has 1 aliphatic rings. The number of hydrogen-bond donors (Lipinski definition) is 1. The highest BCUT2D eigenvalue weighted by Crippen LogP contribution is 2.40. The number of ether oxygens (including phenoxy) is 2. The lowest BCUT2D eigenvalue weighted by atomic mass is 9.88. The molecule has 4 heteroatoms. The van der Waals surface area contributed by atoms with Crippen molar-refractivity contribution in [3.8, 4) is 11.5 Å². The third kappa shape index (κ3) is 4.44. The third-order valence-electron chi connectivity index (χ3n) is 4.97. The van der Waals surface area contributed by atoms with Crippen LogP contribution in [-0.2, 0) is 4.79 Å². The van der Waals surface area contributed by atoms with Gasteiger partial charge in [0, 0.05) is 12.0 Å². The highest BCUT2D eigenvalue weighted by atomic mass is 16.5. The molecule has 4 nitrogen and oxygen atoms in total. The van der Waals surface area contributed by atoms with E-state index < -0.39 is 6.10 Å². The second kappa shape index (κ2) is 7.63. The predicted octanol–water partition coefficient (Wildman–Crippen LogP) is 4.88. The van der Waals surface area contributed by atoms with E-state index in [2.05, 4.69) is 32.2 Å². The molecule has 1 heterocycles. The van der Waals surface area contributed by atoms with E-state index in [9.17, 15) is 4.79 Å². The Bertz CT molecular complexity index is 828. The van der Waals surface area contributed by atoms with Crippen molar-refractivity contribution in [2.24, 2.45) is 0 Å². The first-order valence-corrected chi connectivity index (χ1v) is 9.61. The van der Waals surface area contributed by atoms with E-state index in [0.717, 1.165) is 34.6 Å². The van der Waals surface area contributed by atoms with Gasteiger partial charge in [0.2, 0.25) is 0 Å². The van der Waals surface area contributed by atoms with Crippen LogP contribution in [0.3, 0.4) is 0 Å². The lowest BCUT2D eigenvalue weighted by Crippen LogP contribution is -2.45. The van der Waals surface area contributed by atoms with Crippen LogP contribution < -0.4 is 14.8 Å². The minimum atomic E-state index is -0.523. The standard InChI is InChI=1S/C23H29NO3/c1-6-19(26-20-10-8-7-9-16(20)3)22(25)24-18-14-23(4,5)27-21-12-11-15(2)13-17(18)21/h7-13,18-19H,6,14H2,1-5H3,(H,24,25)/t18-,19+/m0/s1. The summed E-state index contributed by atoms with van der Waals surface area (Å²) in [5.41, 5.74) is 2.88. The van der Waals surface area contributed by atoms with E-state index in [4.69, 9.17) is 9.47 Å². The summed E-state index contributed by atoms with van der Waals surface area (Å²) in [6.07, 6.45) is 0.800. The fourth-order valence-electron chi connectivity index (χ4n) is 3.53. The minimum Gasteiger partial charge on any atom is -0.487 e. The van der Waals surface area contributed by atoms with Gasteiger partial charge in [-0.3, -0.25) is 4.79 Å². The zero-order chi connectivity index (χ0) is 19.6. The van der Waals surface area contributed by atoms with Gasteiger partial charge in [-0.15, -0.1) is 0 Å². The molecule has 0 radical (unpaired) electrons. The summed E-state index contributed by atoms with van der Waals surface area (Å²) in [6, 6.07) is 13.8. The van der Waals surface area contributed by atoms with Gasteiger partial charge in [-0.25, -0.2) is 0 Å². The lowest BCUT2D eigenvalue weighted by molar-refractivity contribution is -0.129. The summed E-state index contributed by atoms with van der Waals surface area (Å²) in [4.78, 5) is 13.0. The van der Waals surface area contributed by atoms with E-state index in [1.165, 1.54) is 0 Å². The molecule has 144 valence electrons. The Balaban J connectivity index is 1.80. The maximum absolute atomic E-state index is 13.0. The van der Waals surface area contributed by atoms with Crippen molar-refractivity contribution in [3.05, 3.63) is 59.2 Å². The first kappa shape index (κ1) is 19.3. The monoisotopic (exact) mass is 367 g/mol. The van der Waals surface area contributed by atoms with Crippen LogP contribution in [0.25, 0.3) is 0 Å². The van der Waals surface area contributed by atoms with Gasteiger partial charge < -0.3 is 14.8 Å². The molecule has 3 rings (SSSR count). The number of aryl methyl sites for hydroxylation is 2. The molecule has 1 amide bonds. The van der Waals surface area contributed by atoms with Gasteiger partial charge in [0.1, 0.15) is 17.1 Å². The van der Waals surface area contributed by atoms with E-state index in [-0.39, 0.29) is 17.6 Å². The molecule has 1 N–H and O–H groups in total. The Kier molecular flexibility index (Phi) is 5.45. The molecular weight excluding hydrogens is 338 g/mol. The van der Waals surface area contributed by atoms with Crippen LogP contribution in [0.4, 0.5) is 0 Å². The van der Waals surface area contributed by atoms with Crippen LogP contribution in [-0.4, -0.2) is 17.6 Å². The number of para-hydroxylation sites is 1. The molecule has 2 aromatic carbocycles. The van der Waals surface area contributed by atoms with Crippen molar-refractivity contribution >= 4 is 5.91 Å². The molecule has 27 heavy (non-hydrogen) atoms. The number of hydrogen-bond acceptors (Lipinski definition) is 3.